The van der Waals surface area contributed by atoms with Crippen LogP contribution in [0.5, 0.6) is 0 Å². The average Bonchev–Trinajstić information content (AvgIpc) is 3.01. The normalized spacial score (nSPS) is 10.2. The lowest BCUT2D eigenvalue weighted by Gasteiger charge is -2.18. The summed E-state index contributed by atoms with van der Waals surface area (Å²) < 4.78 is 1.85. The Bertz CT molecular complexity index is 721. The molecule has 0 saturated heterocycles. The van der Waals surface area contributed by atoms with Crippen LogP contribution >= 0.6 is 0 Å². The molecule has 2 amide bonds. The number of hydrogen-bond donors (Lipinski definition) is 1. The van der Waals surface area contributed by atoms with Crippen LogP contribution in [0.4, 0.5) is 5.69 Å². The molecule has 0 atom stereocenters. The summed E-state index contributed by atoms with van der Waals surface area (Å²) in [5.41, 5.74) is 2.05. The number of aryl methyl sites for hydroxylation is 1. The van der Waals surface area contributed by atoms with Gasteiger partial charge in [-0.2, -0.15) is 5.10 Å². The first-order valence-corrected chi connectivity index (χ1v) is 7.34. The number of hydrogen-bond acceptors (Lipinski definition) is 3. The van der Waals surface area contributed by atoms with Crippen LogP contribution in [-0.4, -0.2) is 33.5 Å². The zero-order valence-corrected chi connectivity index (χ0v) is 13.3. The van der Waals surface area contributed by atoms with Crippen molar-refractivity contribution in [2.24, 2.45) is 0 Å². The van der Waals surface area contributed by atoms with E-state index in [4.69, 9.17) is 0 Å². The van der Waals surface area contributed by atoms with Crippen molar-refractivity contribution in [2.75, 3.05) is 12.4 Å². The zero-order chi connectivity index (χ0) is 16.8. The molecule has 0 aliphatic heterocycles. The summed E-state index contributed by atoms with van der Waals surface area (Å²) in [6.07, 6.45) is 2.91. The molecule has 23 heavy (non-hydrogen) atoms. The minimum absolute atomic E-state index is 0.122. The summed E-state index contributed by atoms with van der Waals surface area (Å²) in [7, 11) is 1.74. The number of carbonyl (C=O) groups is 2. The smallest absolute Gasteiger partial charge is 0.254 e. The van der Waals surface area contributed by atoms with Gasteiger partial charge in [-0.15, -0.1) is 0 Å². The quantitative estimate of drug-likeness (QED) is 0.832. The van der Waals surface area contributed by atoms with Crippen LogP contribution in [0, 0.1) is 0 Å². The van der Waals surface area contributed by atoms with Crippen molar-refractivity contribution in [3.05, 3.63) is 60.4 Å². The predicted molar refractivity (Wildman–Crippen MR) is 89.0 cm³/mol. The van der Waals surface area contributed by atoms with E-state index in [2.05, 4.69) is 17.0 Å². The third-order valence-electron chi connectivity index (χ3n) is 3.41. The molecule has 0 radical (unpaired) electrons. The van der Waals surface area contributed by atoms with Gasteiger partial charge in [-0.3, -0.25) is 14.3 Å². The van der Waals surface area contributed by atoms with E-state index in [1.54, 1.807) is 42.4 Å². The molecule has 2 aromatic rings. The number of rotatable bonds is 6. The van der Waals surface area contributed by atoms with Crippen molar-refractivity contribution in [3.63, 3.8) is 0 Å². The molecular formula is C17H20N4O2. The standard InChI is InChI=1S/C17H20N4O2/c1-4-16(22)19-14-8-6-7-13(11-14)17(23)20(3)12-15-9-10-18-21(15)5-2/h4,6-11H,1,5,12H2,2-3H3,(H,19,22). The minimum Gasteiger partial charge on any atom is -0.336 e. The number of benzene rings is 1. The molecule has 0 saturated carbocycles. The minimum atomic E-state index is -0.310. The molecular weight excluding hydrogens is 292 g/mol. The van der Waals surface area contributed by atoms with Crippen molar-refractivity contribution >= 4 is 17.5 Å². The van der Waals surface area contributed by atoms with Crippen LogP contribution in [0.2, 0.25) is 0 Å². The number of aromatic nitrogens is 2. The Morgan fingerprint density at radius 1 is 1.39 bits per heavy atom. The third kappa shape index (κ3) is 4.06. The SMILES string of the molecule is C=CC(=O)Nc1cccc(C(=O)N(C)Cc2ccnn2CC)c1. The Morgan fingerprint density at radius 3 is 2.87 bits per heavy atom. The number of anilines is 1. The lowest BCUT2D eigenvalue weighted by Crippen LogP contribution is -2.27. The van der Waals surface area contributed by atoms with Gasteiger partial charge in [0.2, 0.25) is 5.91 Å². The van der Waals surface area contributed by atoms with Crippen molar-refractivity contribution in [2.45, 2.75) is 20.0 Å². The monoisotopic (exact) mass is 312 g/mol. The van der Waals surface area contributed by atoms with Crippen LogP contribution < -0.4 is 5.32 Å². The topological polar surface area (TPSA) is 67.2 Å². The van der Waals surface area contributed by atoms with Gasteiger partial charge in [0.1, 0.15) is 0 Å². The zero-order valence-electron chi connectivity index (χ0n) is 13.3. The van der Waals surface area contributed by atoms with E-state index in [1.165, 1.54) is 6.08 Å². The Labute approximate surface area is 135 Å². The molecule has 6 heteroatoms. The van der Waals surface area contributed by atoms with E-state index in [9.17, 15) is 9.59 Å². The summed E-state index contributed by atoms with van der Waals surface area (Å²) in [4.78, 5) is 25.5. The maximum absolute atomic E-state index is 12.5. The van der Waals surface area contributed by atoms with Gasteiger partial charge < -0.3 is 10.2 Å². The highest BCUT2D eigenvalue weighted by Gasteiger charge is 2.14. The summed E-state index contributed by atoms with van der Waals surface area (Å²) in [6, 6.07) is 8.73. The highest BCUT2D eigenvalue weighted by atomic mass is 16.2. The maximum atomic E-state index is 12.5. The van der Waals surface area contributed by atoms with Crippen molar-refractivity contribution < 1.29 is 9.59 Å². The maximum Gasteiger partial charge on any atom is 0.254 e. The van der Waals surface area contributed by atoms with Gasteiger partial charge in [-0.1, -0.05) is 12.6 Å². The molecule has 0 spiro atoms. The Kier molecular flexibility index (Phi) is 5.30. The largest absolute Gasteiger partial charge is 0.336 e. The first-order chi connectivity index (χ1) is 11.0. The fourth-order valence-corrected chi connectivity index (χ4v) is 2.24. The highest BCUT2D eigenvalue weighted by Crippen LogP contribution is 2.14. The van der Waals surface area contributed by atoms with Gasteiger partial charge in [-0.25, -0.2) is 0 Å². The average molecular weight is 312 g/mol. The Morgan fingerprint density at radius 2 is 2.17 bits per heavy atom. The summed E-state index contributed by atoms with van der Waals surface area (Å²) in [5.74, 6) is -0.432. The molecule has 6 nitrogen and oxygen atoms in total. The summed E-state index contributed by atoms with van der Waals surface area (Å²) in [5, 5.41) is 6.85. The number of nitrogens with zero attached hydrogens (tertiary/aromatic N) is 3. The van der Waals surface area contributed by atoms with E-state index < -0.39 is 0 Å². The van der Waals surface area contributed by atoms with Crippen molar-refractivity contribution in [1.82, 2.24) is 14.7 Å². The Hall–Kier alpha value is -2.89. The predicted octanol–water partition coefficient (Wildman–Crippen LogP) is 2.30. The lowest BCUT2D eigenvalue weighted by atomic mass is 10.1. The van der Waals surface area contributed by atoms with E-state index >= 15 is 0 Å². The molecule has 1 N–H and O–H groups in total. The summed E-state index contributed by atoms with van der Waals surface area (Å²) >= 11 is 0. The molecule has 1 aromatic heterocycles. The van der Waals surface area contributed by atoms with Crippen molar-refractivity contribution in [1.29, 1.82) is 0 Å². The number of nitrogens with one attached hydrogen (secondary N) is 1. The van der Waals surface area contributed by atoms with Crippen LogP contribution in [-0.2, 0) is 17.9 Å². The second-order valence-electron chi connectivity index (χ2n) is 5.07. The van der Waals surface area contributed by atoms with E-state index in [1.807, 2.05) is 17.7 Å². The van der Waals surface area contributed by atoms with Gasteiger partial charge in [0.15, 0.2) is 0 Å². The second-order valence-corrected chi connectivity index (χ2v) is 5.07. The molecule has 0 unspecified atom stereocenters. The van der Waals surface area contributed by atoms with Crippen LogP contribution in [0.15, 0.2) is 49.2 Å². The lowest BCUT2D eigenvalue weighted by molar-refractivity contribution is -0.111. The van der Waals surface area contributed by atoms with Gasteiger partial charge in [0, 0.05) is 31.0 Å². The molecule has 1 heterocycles. The van der Waals surface area contributed by atoms with Gasteiger partial charge >= 0.3 is 0 Å². The first kappa shape index (κ1) is 16.5. The fourth-order valence-electron chi connectivity index (χ4n) is 2.24. The molecule has 120 valence electrons. The third-order valence-corrected chi connectivity index (χ3v) is 3.41. The van der Waals surface area contributed by atoms with E-state index in [0.29, 0.717) is 17.8 Å². The molecule has 1 aromatic carbocycles. The van der Waals surface area contributed by atoms with Crippen molar-refractivity contribution in [3.8, 4) is 0 Å². The van der Waals surface area contributed by atoms with E-state index in [-0.39, 0.29) is 11.8 Å². The molecule has 0 aliphatic rings. The fraction of sp³-hybridized carbons (Fsp3) is 0.235. The van der Waals surface area contributed by atoms with Crippen LogP contribution in [0.25, 0.3) is 0 Å². The van der Waals surface area contributed by atoms with Gasteiger partial charge in [-0.05, 0) is 37.3 Å². The van der Waals surface area contributed by atoms with Gasteiger partial charge in [0.25, 0.3) is 5.91 Å². The molecule has 0 bridgehead atoms. The van der Waals surface area contributed by atoms with Gasteiger partial charge in [0.05, 0.1) is 12.2 Å². The molecule has 0 fully saturated rings. The summed E-state index contributed by atoms with van der Waals surface area (Å²) in [6.45, 7) is 6.63. The molecule has 2 rings (SSSR count). The van der Waals surface area contributed by atoms with Crippen LogP contribution in [0.3, 0.4) is 0 Å². The molecule has 0 aliphatic carbocycles. The second kappa shape index (κ2) is 7.40. The highest BCUT2D eigenvalue weighted by molar-refractivity contribution is 6.00. The number of carbonyl (C=O) groups excluding carboxylic acids is 2. The Balaban J connectivity index is 2.11. The van der Waals surface area contributed by atoms with E-state index in [0.717, 1.165) is 12.2 Å². The van der Waals surface area contributed by atoms with Crippen LogP contribution in [0.1, 0.15) is 23.0 Å². The first-order valence-electron chi connectivity index (χ1n) is 7.34. The number of amides is 2.